The fourth-order valence-corrected chi connectivity index (χ4v) is 3.31. The number of amides is 1. The average Bonchev–Trinajstić information content (AvgIpc) is 2.73. The second kappa shape index (κ2) is 9.22. The molecule has 0 aliphatic heterocycles. The molecule has 0 saturated carbocycles. The number of hydrogen-bond donors (Lipinski definition) is 2. The number of aromatic nitrogens is 1. The van der Waals surface area contributed by atoms with Gasteiger partial charge in [0.2, 0.25) is 5.88 Å². The lowest BCUT2D eigenvalue weighted by molar-refractivity contribution is -0.137. The van der Waals surface area contributed by atoms with Crippen LogP contribution in [0.1, 0.15) is 39.5 Å². The summed E-state index contributed by atoms with van der Waals surface area (Å²) in [5.41, 5.74) is 4.70. The fraction of sp³-hybridized carbons (Fsp3) is 0.208. The number of carboxylic acid groups (broad SMARTS) is 1. The average molecular weight is 404 g/mol. The first-order valence-electron chi connectivity index (χ1n) is 9.58. The molecule has 154 valence electrons. The van der Waals surface area contributed by atoms with Crippen molar-refractivity contribution in [1.29, 1.82) is 0 Å². The normalized spacial score (nSPS) is 11.6. The summed E-state index contributed by atoms with van der Waals surface area (Å²) in [5, 5.41) is 12.2. The van der Waals surface area contributed by atoms with Gasteiger partial charge in [-0.05, 0) is 36.6 Å². The van der Waals surface area contributed by atoms with Crippen LogP contribution in [-0.2, 0) is 4.79 Å². The van der Waals surface area contributed by atoms with Crippen LogP contribution in [0.3, 0.4) is 0 Å². The third-order valence-electron chi connectivity index (χ3n) is 4.92. The summed E-state index contributed by atoms with van der Waals surface area (Å²) < 4.78 is 5.36. The Morgan fingerprint density at radius 2 is 1.80 bits per heavy atom. The van der Waals surface area contributed by atoms with Crippen LogP contribution in [0.25, 0.3) is 11.1 Å². The molecule has 6 nitrogen and oxygen atoms in total. The number of nitrogens with zero attached hydrogens (tertiary/aromatic N) is 1. The van der Waals surface area contributed by atoms with Crippen molar-refractivity contribution in [3.8, 4) is 17.0 Å². The molecule has 0 saturated heterocycles. The monoisotopic (exact) mass is 404 g/mol. The van der Waals surface area contributed by atoms with E-state index >= 15 is 0 Å². The lowest BCUT2D eigenvalue weighted by Crippen LogP contribution is -2.30. The van der Waals surface area contributed by atoms with Gasteiger partial charge in [-0.1, -0.05) is 54.1 Å². The first-order chi connectivity index (χ1) is 14.4. The Labute approximate surface area is 175 Å². The lowest BCUT2D eigenvalue weighted by atomic mass is 9.98. The minimum absolute atomic E-state index is 0.217. The number of carbonyl (C=O) groups is 2. The number of carbonyl (C=O) groups excluding carboxylic acids is 1. The van der Waals surface area contributed by atoms with Gasteiger partial charge in [0.05, 0.1) is 25.1 Å². The van der Waals surface area contributed by atoms with Crippen LogP contribution < -0.4 is 10.1 Å². The van der Waals surface area contributed by atoms with Gasteiger partial charge >= 0.3 is 5.97 Å². The van der Waals surface area contributed by atoms with Crippen molar-refractivity contribution in [2.45, 2.75) is 26.3 Å². The minimum Gasteiger partial charge on any atom is -0.481 e. The Balaban J connectivity index is 1.93. The van der Waals surface area contributed by atoms with Crippen LogP contribution in [0.5, 0.6) is 5.88 Å². The summed E-state index contributed by atoms with van der Waals surface area (Å²) in [6.45, 7) is 3.89. The lowest BCUT2D eigenvalue weighted by Gasteiger charge is -2.20. The number of benzene rings is 2. The first-order valence-corrected chi connectivity index (χ1v) is 9.58. The second-order valence-corrected chi connectivity index (χ2v) is 7.13. The maximum Gasteiger partial charge on any atom is 0.305 e. The zero-order chi connectivity index (χ0) is 21.7. The topological polar surface area (TPSA) is 88.5 Å². The quantitative estimate of drug-likeness (QED) is 0.612. The Morgan fingerprint density at radius 1 is 1.10 bits per heavy atom. The molecule has 1 aromatic heterocycles. The maximum absolute atomic E-state index is 13.0. The van der Waals surface area contributed by atoms with Gasteiger partial charge in [-0.15, -0.1) is 0 Å². The molecule has 0 radical (unpaired) electrons. The molecule has 0 aliphatic carbocycles. The van der Waals surface area contributed by atoms with E-state index in [1.807, 2.05) is 62.4 Å². The summed E-state index contributed by atoms with van der Waals surface area (Å²) in [6.07, 6.45) is 1.21. The Kier molecular flexibility index (Phi) is 6.47. The number of carboxylic acids is 1. The predicted octanol–water partition coefficient (Wildman–Crippen LogP) is 4.32. The van der Waals surface area contributed by atoms with Gasteiger partial charge in [0.15, 0.2) is 0 Å². The second-order valence-electron chi connectivity index (χ2n) is 7.13. The van der Waals surface area contributed by atoms with Gasteiger partial charge in [0.25, 0.3) is 5.91 Å². The molecule has 30 heavy (non-hydrogen) atoms. The number of hydrogen-bond acceptors (Lipinski definition) is 4. The minimum atomic E-state index is -0.989. The molecule has 1 amide bonds. The molecule has 0 aliphatic rings. The number of nitrogens with one attached hydrogen (secondary N) is 1. The van der Waals surface area contributed by atoms with Gasteiger partial charge in [0.1, 0.15) is 0 Å². The molecule has 0 spiro atoms. The summed E-state index contributed by atoms with van der Waals surface area (Å²) in [5.74, 6) is -0.971. The van der Waals surface area contributed by atoms with Crippen molar-refractivity contribution in [3.05, 3.63) is 83.0 Å². The van der Waals surface area contributed by atoms with Gasteiger partial charge in [-0.2, -0.15) is 0 Å². The summed E-state index contributed by atoms with van der Waals surface area (Å²) >= 11 is 0. The molecule has 0 fully saturated rings. The van der Waals surface area contributed by atoms with Gasteiger partial charge < -0.3 is 15.2 Å². The molecule has 6 heteroatoms. The highest BCUT2D eigenvalue weighted by molar-refractivity contribution is 5.96. The molecular weight excluding hydrogens is 380 g/mol. The molecule has 0 unspecified atom stereocenters. The molecule has 3 rings (SSSR count). The van der Waals surface area contributed by atoms with E-state index in [2.05, 4.69) is 10.3 Å². The van der Waals surface area contributed by atoms with E-state index in [1.54, 1.807) is 6.07 Å². The number of aliphatic carboxylic acids is 1. The van der Waals surface area contributed by atoms with E-state index in [4.69, 9.17) is 4.74 Å². The zero-order valence-electron chi connectivity index (χ0n) is 17.2. The van der Waals surface area contributed by atoms with Crippen LogP contribution >= 0.6 is 0 Å². The molecule has 1 heterocycles. The van der Waals surface area contributed by atoms with Crippen LogP contribution in [0.15, 0.2) is 60.8 Å². The van der Waals surface area contributed by atoms with Crippen molar-refractivity contribution in [2.24, 2.45) is 0 Å². The van der Waals surface area contributed by atoms with Gasteiger partial charge in [0, 0.05) is 11.8 Å². The first kappa shape index (κ1) is 21.0. The number of methoxy groups -OCH3 is 1. The highest BCUT2D eigenvalue weighted by Crippen LogP contribution is 2.29. The van der Waals surface area contributed by atoms with Gasteiger partial charge in [-0.3, -0.25) is 9.59 Å². The van der Waals surface area contributed by atoms with E-state index in [1.165, 1.54) is 13.3 Å². The summed E-state index contributed by atoms with van der Waals surface area (Å²) in [7, 11) is 1.53. The Morgan fingerprint density at radius 3 is 2.43 bits per heavy atom. The molecule has 0 bridgehead atoms. The van der Waals surface area contributed by atoms with Crippen molar-refractivity contribution in [3.63, 3.8) is 0 Å². The van der Waals surface area contributed by atoms with Crippen LogP contribution in [0.2, 0.25) is 0 Å². The highest BCUT2D eigenvalue weighted by atomic mass is 16.5. The van der Waals surface area contributed by atoms with Crippen LogP contribution in [0, 0.1) is 13.8 Å². The van der Waals surface area contributed by atoms with E-state index in [9.17, 15) is 14.7 Å². The number of pyridine rings is 1. The third-order valence-corrected chi connectivity index (χ3v) is 4.92. The summed E-state index contributed by atoms with van der Waals surface area (Å²) in [6, 6.07) is 16.3. The molecular formula is C24H24N2O4. The van der Waals surface area contributed by atoms with Gasteiger partial charge in [-0.25, -0.2) is 4.98 Å². The van der Waals surface area contributed by atoms with Crippen molar-refractivity contribution < 1.29 is 19.4 Å². The van der Waals surface area contributed by atoms with E-state index in [-0.39, 0.29) is 6.42 Å². The number of aryl methyl sites for hydroxylation is 2. The maximum atomic E-state index is 13.0. The fourth-order valence-electron chi connectivity index (χ4n) is 3.31. The largest absolute Gasteiger partial charge is 0.481 e. The molecule has 2 N–H and O–H groups in total. The Hall–Kier alpha value is -3.67. The van der Waals surface area contributed by atoms with Crippen LogP contribution in [-0.4, -0.2) is 29.1 Å². The van der Waals surface area contributed by atoms with Crippen LogP contribution in [0.4, 0.5) is 0 Å². The molecule has 1 atom stereocenters. The predicted molar refractivity (Wildman–Crippen MR) is 115 cm³/mol. The van der Waals surface area contributed by atoms with E-state index in [0.29, 0.717) is 17.0 Å². The third kappa shape index (κ3) is 4.84. The SMILES string of the molecule is COc1ncc(C(=O)N[C@@H](CC(=O)O)c2ccccc2C)cc1-c1ccc(C)cc1. The highest BCUT2D eigenvalue weighted by Gasteiger charge is 2.21. The van der Waals surface area contributed by atoms with Crippen molar-refractivity contribution in [1.82, 2.24) is 10.3 Å². The number of ether oxygens (including phenoxy) is 1. The van der Waals surface area contributed by atoms with Crippen molar-refractivity contribution in [2.75, 3.05) is 7.11 Å². The Bertz CT molecular complexity index is 1060. The smallest absolute Gasteiger partial charge is 0.305 e. The van der Waals surface area contributed by atoms with E-state index < -0.39 is 17.9 Å². The van der Waals surface area contributed by atoms with Crippen molar-refractivity contribution >= 4 is 11.9 Å². The molecule has 3 aromatic rings. The van der Waals surface area contributed by atoms with E-state index in [0.717, 1.165) is 22.3 Å². The molecule has 2 aromatic carbocycles. The number of rotatable bonds is 7. The summed E-state index contributed by atoms with van der Waals surface area (Å²) in [4.78, 5) is 28.6. The standard InChI is InChI=1S/C24H24N2O4/c1-15-8-10-17(11-9-15)20-12-18(14-25-24(20)30-3)23(29)26-21(13-22(27)28)19-7-5-4-6-16(19)2/h4-12,14,21H,13H2,1-3H3,(H,26,29)(H,27,28)/t21-/m0/s1. The zero-order valence-corrected chi connectivity index (χ0v) is 17.2.